The van der Waals surface area contributed by atoms with Crippen molar-refractivity contribution in [2.24, 2.45) is 18.4 Å². The maximum atomic E-state index is 13.2. The van der Waals surface area contributed by atoms with Crippen molar-refractivity contribution in [1.29, 1.82) is 0 Å². The number of hydrogen-bond donors (Lipinski definition) is 1. The van der Waals surface area contributed by atoms with Gasteiger partial charge in [0.1, 0.15) is 5.75 Å². The van der Waals surface area contributed by atoms with Crippen molar-refractivity contribution < 1.29 is 19.1 Å². The number of aryl methyl sites for hydroxylation is 1. The first-order valence-electron chi connectivity index (χ1n) is 11.5. The molecule has 2 fully saturated rings. The van der Waals surface area contributed by atoms with Crippen LogP contribution in [0.4, 0.5) is 5.69 Å². The van der Waals surface area contributed by atoms with Crippen LogP contribution in [0.3, 0.4) is 0 Å². The number of likely N-dealkylation sites (tertiary alicyclic amines) is 1. The molecule has 32 heavy (non-hydrogen) atoms. The number of methoxy groups -OCH3 is 1. The van der Waals surface area contributed by atoms with Gasteiger partial charge in [0.2, 0.25) is 5.91 Å². The molecule has 2 atom stereocenters. The summed E-state index contributed by atoms with van der Waals surface area (Å²) in [6.07, 6.45) is 3.53. The topological polar surface area (TPSA) is 72.8 Å². The molecule has 2 bridgehead atoms. The van der Waals surface area contributed by atoms with Gasteiger partial charge in [-0.05, 0) is 56.6 Å². The molecule has 2 aliphatic rings. The van der Waals surface area contributed by atoms with Gasteiger partial charge in [-0.2, -0.15) is 0 Å². The number of esters is 1. The molecule has 1 saturated carbocycles. The molecule has 4 rings (SSSR count). The van der Waals surface area contributed by atoms with E-state index < -0.39 is 5.97 Å². The van der Waals surface area contributed by atoms with Crippen molar-refractivity contribution >= 4 is 28.5 Å². The standard InChI is InChI=1S/C25H35N3O4/c1-7-32-24(30)21-15(2)27(5)18-8-9-19(31-6)23(22(18)21)26-20(29)14-28-13-16-10-17(28)12-25(3,4)11-16/h8-9,16-17H,7,10-14H2,1-6H3,(H,26,29). The molecule has 1 aromatic carbocycles. The summed E-state index contributed by atoms with van der Waals surface area (Å²) in [5.41, 5.74) is 2.98. The van der Waals surface area contributed by atoms with Crippen LogP contribution in [0.5, 0.6) is 5.75 Å². The van der Waals surface area contributed by atoms with E-state index in [4.69, 9.17) is 9.47 Å². The Balaban J connectivity index is 1.65. The first kappa shape index (κ1) is 22.6. The van der Waals surface area contributed by atoms with Crippen LogP contribution in [0.25, 0.3) is 10.9 Å². The average Bonchev–Trinajstić information content (AvgIpc) is 3.15. The van der Waals surface area contributed by atoms with E-state index in [1.165, 1.54) is 12.8 Å². The highest BCUT2D eigenvalue weighted by molar-refractivity contribution is 6.14. The Morgan fingerprint density at radius 1 is 1.25 bits per heavy atom. The lowest BCUT2D eigenvalue weighted by Crippen LogP contribution is -2.38. The average molecular weight is 442 g/mol. The molecule has 1 aromatic heterocycles. The second-order valence-electron chi connectivity index (χ2n) is 10.1. The SMILES string of the molecule is CCOC(=O)c1c(C)n(C)c2ccc(OC)c(NC(=O)CN3CC4CC3CC(C)(C)C4)c12. The van der Waals surface area contributed by atoms with Gasteiger partial charge in [0.05, 0.1) is 37.0 Å². The van der Waals surface area contributed by atoms with E-state index in [1.807, 2.05) is 30.7 Å². The summed E-state index contributed by atoms with van der Waals surface area (Å²) < 4.78 is 12.8. The zero-order valence-corrected chi connectivity index (χ0v) is 20.1. The van der Waals surface area contributed by atoms with Gasteiger partial charge in [0.15, 0.2) is 0 Å². The molecule has 2 unspecified atom stereocenters. The van der Waals surface area contributed by atoms with E-state index in [0.29, 0.717) is 46.3 Å². The Hall–Kier alpha value is -2.54. The molecular weight excluding hydrogens is 406 g/mol. The van der Waals surface area contributed by atoms with Crippen molar-refractivity contribution in [3.63, 3.8) is 0 Å². The molecule has 7 heteroatoms. The number of nitrogens with zero attached hydrogens (tertiary/aromatic N) is 2. The Kier molecular flexibility index (Phi) is 5.96. The number of aromatic nitrogens is 1. The normalized spacial score (nSPS) is 22.2. The van der Waals surface area contributed by atoms with Crippen LogP contribution < -0.4 is 10.1 Å². The van der Waals surface area contributed by atoms with Crippen LogP contribution in [-0.2, 0) is 16.6 Å². The number of carbonyl (C=O) groups excluding carboxylic acids is 2. The maximum absolute atomic E-state index is 13.2. The highest BCUT2D eigenvalue weighted by Crippen LogP contribution is 2.45. The maximum Gasteiger partial charge on any atom is 0.340 e. The summed E-state index contributed by atoms with van der Waals surface area (Å²) in [4.78, 5) is 28.3. The third-order valence-corrected chi connectivity index (χ3v) is 7.18. The molecule has 1 aliphatic carbocycles. The molecule has 1 N–H and O–H groups in total. The minimum Gasteiger partial charge on any atom is -0.495 e. The molecule has 174 valence electrons. The van der Waals surface area contributed by atoms with Gasteiger partial charge in [-0.3, -0.25) is 9.69 Å². The fourth-order valence-electron chi connectivity index (χ4n) is 5.89. The third-order valence-electron chi connectivity index (χ3n) is 7.18. The van der Waals surface area contributed by atoms with Gasteiger partial charge in [0.25, 0.3) is 0 Å². The minimum atomic E-state index is -0.394. The van der Waals surface area contributed by atoms with E-state index in [0.717, 1.165) is 24.2 Å². The van der Waals surface area contributed by atoms with E-state index in [9.17, 15) is 9.59 Å². The second kappa shape index (κ2) is 8.43. The van der Waals surface area contributed by atoms with Crippen molar-refractivity contribution in [2.75, 3.05) is 32.1 Å². The number of fused-ring (bicyclic) bond motifs is 3. The van der Waals surface area contributed by atoms with Gasteiger partial charge in [-0.1, -0.05) is 13.8 Å². The first-order valence-corrected chi connectivity index (χ1v) is 11.5. The summed E-state index contributed by atoms with van der Waals surface area (Å²) in [7, 11) is 3.48. The van der Waals surface area contributed by atoms with Gasteiger partial charge in [-0.25, -0.2) is 4.79 Å². The lowest BCUT2D eigenvalue weighted by molar-refractivity contribution is -0.117. The number of benzene rings is 1. The van der Waals surface area contributed by atoms with Gasteiger partial charge >= 0.3 is 5.97 Å². The number of nitrogens with one attached hydrogen (secondary N) is 1. The molecule has 1 saturated heterocycles. The minimum absolute atomic E-state index is 0.0857. The van der Waals surface area contributed by atoms with Crippen LogP contribution in [0, 0.1) is 18.3 Å². The Bertz CT molecular complexity index is 1060. The molecule has 1 aliphatic heterocycles. The van der Waals surface area contributed by atoms with Gasteiger partial charge in [0, 0.05) is 30.7 Å². The van der Waals surface area contributed by atoms with Crippen LogP contribution >= 0.6 is 0 Å². The summed E-state index contributed by atoms with van der Waals surface area (Å²) in [6, 6.07) is 4.20. The predicted molar refractivity (Wildman–Crippen MR) is 125 cm³/mol. The quantitative estimate of drug-likeness (QED) is 0.683. The molecule has 0 radical (unpaired) electrons. The summed E-state index contributed by atoms with van der Waals surface area (Å²) in [6.45, 7) is 9.94. The lowest BCUT2D eigenvalue weighted by atomic mass is 9.72. The molecular formula is C25H35N3O4. The molecule has 0 spiro atoms. The number of anilines is 1. The Morgan fingerprint density at radius 3 is 2.69 bits per heavy atom. The van der Waals surface area contributed by atoms with Crippen molar-refractivity contribution in [3.8, 4) is 5.75 Å². The highest BCUT2D eigenvalue weighted by atomic mass is 16.5. The largest absolute Gasteiger partial charge is 0.495 e. The van der Waals surface area contributed by atoms with Crippen molar-refractivity contribution in [2.45, 2.75) is 53.0 Å². The molecule has 7 nitrogen and oxygen atoms in total. The smallest absolute Gasteiger partial charge is 0.340 e. The summed E-state index contributed by atoms with van der Waals surface area (Å²) in [5.74, 6) is 0.720. The van der Waals surface area contributed by atoms with Crippen molar-refractivity contribution in [1.82, 2.24) is 9.47 Å². The zero-order valence-electron chi connectivity index (χ0n) is 20.1. The van der Waals surface area contributed by atoms with Crippen LogP contribution in [-0.4, -0.2) is 54.2 Å². The predicted octanol–water partition coefficient (Wildman–Crippen LogP) is 4.12. The van der Waals surface area contributed by atoms with Crippen LogP contribution in [0.1, 0.15) is 56.1 Å². The Labute approximate surface area is 190 Å². The van der Waals surface area contributed by atoms with Crippen LogP contribution in [0.15, 0.2) is 12.1 Å². The summed E-state index contributed by atoms with van der Waals surface area (Å²) >= 11 is 0. The summed E-state index contributed by atoms with van der Waals surface area (Å²) in [5, 5.41) is 3.75. The monoisotopic (exact) mass is 441 g/mol. The second-order valence-corrected chi connectivity index (χ2v) is 10.1. The fourth-order valence-corrected chi connectivity index (χ4v) is 5.89. The first-order chi connectivity index (χ1) is 15.1. The fraction of sp³-hybridized carbons (Fsp3) is 0.600. The highest BCUT2D eigenvalue weighted by Gasteiger charge is 2.43. The van der Waals surface area contributed by atoms with Crippen LogP contribution in [0.2, 0.25) is 0 Å². The number of rotatable bonds is 6. The number of amides is 1. The van der Waals surface area contributed by atoms with E-state index in [-0.39, 0.29) is 12.5 Å². The van der Waals surface area contributed by atoms with E-state index in [1.54, 1.807) is 14.0 Å². The molecule has 2 aromatic rings. The van der Waals surface area contributed by atoms with Gasteiger partial charge < -0.3 is 19.4 Å². The molecule has 2 heterocycles. The van der Waals surface area contributed by atoms with E-state index in [2.05, 4.69) is 24.1 Å². The Morgan fingerprint density at radius 2 is 2.00 bits per heavy atom. The molecule has 1 amide bonds. The number of carbonyl (C=O) groups is 2. The van der Waals surface area contributed by atoms with Crippen molar-refractivity contribution in [3.05, 3.63) is 23.4 Å². The third kappa shape index (κ3) is 3.98. The number of ether oxygens (including phenoxy) is 2. The van der Waals surface area contributed by atoms with Gasteiger partial charge in [-0.15, -0.1) is 0 Å². The number of hydrogen-bond acceptors (Lipinski definition) is 5. The lowest BCUT2D eigenvalue weighted by Gasteiger charge is -2.35. The van der Waals surface area contributed by atoms with E-state index >= 15 is 0 Å². The zero-order chi connectivity index (χ0) is 23.2.